The van der Waals surface area contributed by atoms with Crippen LogP contribution < -0.4 is 10.6 Å². The maximum Gasteiger partial charge on any atom is 0.322 e. The Kier molecular flexibility index (Phi) is 5.64. The van der Waals surface area contributed by atoms with Crippen molar-refractivity contribution >= 4 is 23.8 Å². The van der Waals surface area contributed by atoms with E-state index in [0.717, 1.165) is 0 Å². The van der Waals surface area contributed by atoms with Gasteiger partial charge in [0.25, 0.3) is 11.8 Å². The van der Waals surface area contributed by atoms with E-state index in [1.807, 2.05) is 13.8 Å². The highest BCUT2D eigenvalue weighted by atomic mass is 16.4. The normalized spacial score (nSPS) is 19.2. The fraction of sp³-hybridized carbons (Fsp3) is 0.444. The number of carboxylic acid groups (broad SMARTS) is 1. The van der Waals surface area contributed by atoms with E-state index < -0.39 is 23.4 Å². The Hall–Kier alpha value is -2.90. The number of hydrogen-bond donors (Lipinski definition) is 3. The zero-order chi connectivity index (χ0) is 19.5. The molecule has 2 rings (SSSR count). The Morgan fingerprint density at radius 2 is 1.81 bits per heavy atom. The number of aliphatic carboxylic acids is 1. The SMILES string of the molecule is CC(C)CN(CCC(=O)O)C(=O)c1ccc(C2(C)NC(=O)NC2=O)cc1. The molecule has 1 saturated heterocycles. The predicted molar refractivity (Wildman–Crippen MR) is 93.5 cm³/mol. The van der Waals surface area contributed by atoms with E-state index in [0.29, 0.717) is 17.7 Å². The zero-order valence-corrected chi connectivity index (χ0v) is 15.0. The van der Waals surface area contributed by atoms with Gasteiger partial charge >= 0.3 is 12.0 Å². The van der Waals surface area contributed by atoms with Gasteiger partial charge in [0, 0.05) is 18.7 Å². The summed E-state index contributed by atoms with van der Waals surface area (Å²) in [6, 6.07) is 5.82. The van der Waals surface area contributed by atoms with Crippen LogP contribution in [0, 0.1) is 5.92 Å². The van der Waals surface area contributed by atoms with Crippen molar-refractivity contribution in [3.8, 4) is 0 Å². The summed E-state index contributed by atoms with van der Waals surface area (Å²) in [6.07, 6.45) is -0.124. The molecule has 0 saturated carbocycles. The van der Waals surface area contributed by atoms with Crippen LogP contribution in [-0.2, 0) is 15.1 Å². The molecule has 1 heterocycles. The fourth-order valence-corrected chi connectivity index (χ4v) is 2.82. The van der Waals surface area contributed by atoms with Crippen LogP contribution in [-0.4, -0.2) is 46.9 Å². The first-order valence-electron chi connectivity index (χ1n) is 8.38. The number of hydrogen-bond acceptors (Lipinski definition) is 4. The van der Waals surface area contributed by atoms with Crippen LogP contribution in [0.2, 0.25) is 0 Å². The molecule has 1 unspecified atom stereocenters. The van der Waals surface area contributed by atoms with E-state index in [1.165, 1.54) is 4.90 Å². The van der Waals surface area contributed by atoms with Gasteiger partial charge in [0.05, 0.1) is 6.42 Å². The molecule has 0 spiro atoms. The topological polar surface area (TPSA) is 116 Å². The maximum atomic E-state index is 12.7. The highest BCUT2D eigenvalue weighted by Gasteiger charge is 2.43. The number of rotatable bonds is 7. The fourth-order valence-electron chi connectivity index (χ4n) is 2.82. The Bertz CT molecular complexity index is 729. The molecule has 3 N–H and O–H groups in total. The van der Waals surface area contributed by atoms with Crippen molar-refractivity contribution < 1.29 is 24.3 Å². The number of carbonyl (C=O) groups is 4. The van der Waals surface area contributed by atoms with Crippen molar-refractivity contribution in [2.75, 3.05) is 13.1 Å². The number of amides is 4. The van der Waals surface area contributed by atoms with Crippen LogP contribution in [0.1, 0.15) is 43.1 Å². The molecule has 8 nitrogen and oxygen atoms in total. The number of benzene rings is 1. The van der Waals surface area contributed by atoms with Crippen LogP contribution >= 0.6 is 0 Å². The van der Waals surface area contributed by atoms with Crippen molar-refractivity contribution in [2.45, 2.75) is 32.7 Å². The third-order valence-electron chi connectivity index (χ3n) is 4.22. The average molecular weight is 361 g/mol. The third-order valence-corrected chi connectivity index (χ3v) is 4.22. The van der Waals surface area contributed by atoms with Crippen molar-refractivity contribution in [1.29, 1.82) is 0 Å². The average Bonchev–Trinajstić information content (AvgIpc) is 2.83. The van der Waals surface area contributed by atoms with Crippen molar-refractivity contribution in [1.82, 2.24) is 15.5 Å². The van der Waals surface area contributed by atoms with Gasteiger partial charge in [-0.15, -0.1) is 0 Å². The van der Waals surface area contributed by atoms with Crippen LogP contribution in [0.3, 0.4) is 0 Å². The largest absolute Gasteiger partial charge is 0.481 e. The van der Waals surface area contributed by atoms with E-state index in [4.69, 9.17) is 5.11 Å². The van der Waals surface area contributed by atoms with E-state index >= 15 is 0 Å². The maximum absolute atomic E-state index is 12.7. The summed E-state index contributed by atoms with van der Waals surface area (Å²) in [6.45, 7) is 6.06. The molecule has 0 aliphatic carbocycles. The van der Waals surface area contributed by atoms with Gasteiger partial charge in [-0.25, -0.2) is 4.79 Å². The molecule has 140 valence electrons. The van der Waals surface area contributed by atoms with Crippen molar-refractivity contribution in [2.24, 2.45) is 5.92 Å². The summed E-state index contributed by atoms with van der Waals surface area (Å²) in [5.41, 5.74) is -0.231. The standard InChI is InChI=1S/C18H23N3O5/c1-11(2)10-21(9-8-14(22)23)15(24)12-4-6-13(7-5-12)18(3)16(25)19-17(26)20-18/h4-7,11H,8-10H2,1-3H3,(H,22,23)(H2,19,20,25,26). The number of imide groups is 1. The first-order valence-corrected chi connectivity index (χ1v) is 8.38. The van der Waals surface area contributed by atoms with Gasteiger partial charge in [0.15, 0.2) is 0 Å². The molecule has 1 fully saturated rings. The van der Waals surface area contributed by atoms with Gasteiger partial charge < -0.3 is 15.3 Å². The van der Waals surface area contributed by atoms with Crippen molar-refractivity contribution in [3.63, 3.8) is 0 Å². The first kappa shape index (κ1) is 19.4. The Balaban J connectivity index is 2.19. The van der Waals surface area contributed by atoms with Crippen molar-refractivity contribution in [3.05, 3.63) is 35.4 Å². The minimum atomic E-state index is -1.18. The lowest BCUT2D eigenvalue weighted by molar-refractivity contribution is -0.137. The van der Waals surface area contributed by atoms with Crippen LogP contribution in [0.5, 0.6) is 0 Å². The second-order valence-electron chi connectivity index (χ2n) is 6.90. The zero-order valence-electron chi connectivity index (χ0n) is 15.0. The highest BCUT2D eigenvalue weighted by Crippen LogP contribution is 2.25. The van der Waals surface area contributed by atoms with Gasteiger partial charge in [-0.3, -0.25) is 19.7 Å². The lowest BCUT2D eigenvalue weighted by Gasteiger charge is -2.25. The molecule has 1 aliphatic heterocycles. The number of urea groups is 1. The van der Waals surface area contributed by atoms with E-state index in [2.05, 4.69) is 10.6 Å². The molecule has 1 aliphatic rings. The Morgan fingerprint density at radius 1 is 1.19 bits per heavy atom. The number of nitrogens with zero attached hydrogens (tertiary/aromatic N) is 1. The summed E-state index contributed by atoms with van der Waals surface area (Å²) in [7, 11) is 0. The molecule has 1 aromatic carbocycles. The summed E-state index contributed by atoms with van der Waals surface area (Å²) in [4.78, 5) is 48.4. The molecule has 4 amide bonds. The first-order chi connectivity index (χ1) is 12.1. The molecule has 1 aromatic rings. The van der Waals surface area contributed by atoms with E-state index in [1.54, 1.807) is 31.2 Å². The molecular weight excluding hydrogens is 338 g/mol. The van der Waals surface area contributed by atoms with Gasteiger partial charge in [-0.1, -0.05) is 26.0 Å². The molecule has 0 bridgehead atoms. The smallest absolute Gasteiger partial charge is 0.322 e. The monoisotopic (exact) mass is 361 g/mol. The molecule has 0 radical (unpaired) electrons. The minimum Gasteiger partial charge on any atom is -0.481 e. The molecule has 8 heteroatoms. The summed E-state index contributed by atoms with van der Waals surface area (Å²) < 4.78 is 0. The lowest BCUT2D eigenvalue weighted by Crippen LogP contribution is -2.40. The minimum absolute atomic E-state index is 0.124. The van der Waals surface area contributed by atoms with Crippen LogP contribution in [0.4, 0.5) is 4.79 Å². The predicted octanol–water partition coefficient (Wildman–Crippen LogP) is 1.31. The van der Waals surface area contributed by atoms with Gasteiger partial charge in [-0.2, -0.15) is 0 Å². The second kappa shape index (κ2) is 7.55. The molecular formula is C18H23N3O5. The summed E-state index contributed by atoms with van der Waals surface area (Å²) in [5.74, 6) is -1.48. The van der Waals surface area contributed by atoms with E-state index in [-0.39, 0.29) is 24.8 Å². The molecule has 26 heavy (non-hydrogen) atoms. The summed E-state index contributed by atoms with van der Waals surface area (Å²) in [5, 5.41) is 13.6. The van der Waals surface area contributed by atoms with Crippen LogP contribution in [0.15, 0.2) is 24.3 Å². The van der Waals surface area contributed by atoms with Gasteiger partial charge in [0.1, 0.15) is 5.54 Å². The highest BCUT2D eigenvalue weighted by molar-refractivity contribution is 6.07. The third kappa shape index (κ3) is 4.19. The quantitative estimate of drug-likeness (QED) is 0.633. The Morgan fingerprint density at radius 3 is 2.27 bits per heavy atom. The van der Waals surface area contributed by atoms with Crippen LogP contribution in [0.25, 0.3) is 0 Å². The molecule has 0 aromatic heterocycles. The summed E-state index contributed by atoms with van der Waals surface area (Å²) >= 11 is 0. The molecule has 1 atom stereocenters. The van der Waals surface area contributed by atoms with E-state index in [9.17, 15) is 19.2 Å². The lowest BCUT2D eigenvalue weighted by atomic mass is 9.91. The number of carboxylic acids is 1. The Labute approximate surface area is 151 Å². The number of nitrogens with one attached hydrogen (secondary N) is 2. The second-order valence-corrected chi connectivity index (χ2v) is 6.90. The number of carbonyl (C=O) groups excluding carboxylic acids is 3. The van der Waals surface area contributed by atoms with Gasteiger partial charge in [0.2, 0.25) is 0 Å². The van der Waals surface area contributed by atoms with Gasteiger partial charge in [-0.05, 0) is 30.5 Å².